The van der Waals surface area contributed by atoms with Gasteiger partial charge < -0.3 is 32.1 Å². The van der Waals surface area contributed by atoms with Crippen LogP contribution in [0.5, 0.6) is 0 Å². The SMILES string of the molecule is Cc1c(-c2cc3cc(NC(=O)[C@@H]4C[C@@H]4F)ncc3c(N)n2)cnc2nc[nH]c12.Cc1c(-c2cc3cc(NC(=O)[C@H]4C[C@H]4F)ncc3c(N)n2)cnc2nc[nH]c12. The number of carbonyl (C=O) groups is 2. The summed E-state index contributed by atoms with van der Waals surface area (Å²) in [6, 6.07) is 7.15. The van der Waals surface area contributed by atoms with Crippen LogP contribution in [0.1, 0.15) is 24.0 Å². The smallest absolute Gasteiger partial charge is 0.231 e. The lowest BCUT2D eigenvalue weighted by Crippen LogP contribution is -2.15. The van der Waals surface area contributed by atoms with Gasteiger partial charge in [-0.05, 0) is 72.9 Å². The van der Waals surface area contributed by atoms with E-state index in [0.717, 1.165) is 44.1 Å². The van der Waals surface area contributed by atoms with E-state index in [1.807, 2.05) is 26.0 Å². The van der Waals surface area contributed by atoms with E-state index in [4.69, 9.17) is 11.5 Å². The molecule has 8 N–H and O–H groups in total. The van der Waals surface area contributed by atoms with Gasteiger partial charge in [-0.1, -0.05) is 0 Å². The van der Waals surface area contributed by atoms with Crippen LogP contribution in [-0.4, -0.2) is 74.0 Å². The number of imidazole rings is 2. The predicted molar refractivity (Wildman–Crippen MR) is 206 cm³/mol. The molecular weight excluding hydrogens is 723 g/mol. The van der Waals surface area contributed by atoms with E-state index in [0.29, 0.717) is 56.7 Å². The lowest BCUT2D eigenvalue weighted by atomic mass is 10.0. The number of nitrogens with zero attached hydrogens (tertiary/aromatic N) is 8. The number of alkyl halides is 2. The molecule has 2 fully saturated rings. The Hall–Kier alpha value is -7.24. The molecule has 2 saturated carbocycles. The van der Waals surface area contributed by atoms with Crippen molar-refractivity contribution in [2.45, 2.75) is 39.0 Å². The first-order valence-electron chi connectivity index (χ1n) is 17.6. The van der Waals surface area contributed by atoms with Gasteiger partial charge in [0.05, 0.1) is 46.9 Å². The Labute approximate surface area is 315 Å². The number of anilines is 4. The number of nitrogens with two attached hydrogens (primary N) is 2. The van der Waals surface area contributed by atoms with Crippen LogP contribution < -0.4 is 22.1 Å². The summed E-state index contributed by atoms with van der Waals surface area (Å²) in [6.07, 6.45) is 8.15. The third-order valence-electron chi connectivity index (χ3n) is 10.1. The maximum atomic E-state index is 13.1. The zero-order valence-corrected chi connectivity index (χ0v) is 29.8. The number of H-pyrrole nitrogens is 2. The van der Waals surface area contributed by atoms with E-state index in [9.17, 15) is 18.4 Å². The number of nitrogen functional groups attached to an aromatic ring is 2. The largest absolute Gasteiger partial charge is 0.383 e. The highest BCUT2D eigenvalue weighted by molar-refractivity contribution is 6.00. The van der Waals surface area contributed by atoms with Crippen LogP contribution in [0.3, 0.4) is 0 Å². The van der Waals surface area contributed by atoms with Gasteiger partial charge in [-0.25, -0.2) is 48.7 Å². The van der Waals surface area contributed by atoms with Crippen molar-refractivity contribution in [2.75, 3.05) is 22.1 Å². The molecule has 0 spiro atoms. The highest BCUT2D eigenvalue weighted by Crippen LogP contribution is 2.37. The van der Waals surface area contributed by atoms with E-state index in [1.54, 1.807) is 49.6 Å². The number of aromatic amines is 2. The molecule has 18 heteroatoms. The topological polar surface area (TPSA) is 245 Å². The van der Waals surface area contributed by atoms with Crippen molar-refractivity contribution in [3.05, 3.63) is 72.8 Å². The molecule has 280 valence electrons. The number of amides is 2. The number of nitrogens with one attached hydrogen (secondary N) is 4. The first kappa shape index (κ1) is 34.5. The third kappa shape index (κ3) is 6.29. The minimum atomic E-state index is -1.06. The van der Waals surface area contributed by atoms with E-state index >= 15 is 0 Å². The van der Waals surface area contributed by atoms with E-state index in [-0.39, 0.29) is 24.7 Å². The van der Waals surface area contributed by atoms with Crippen LogP contribution in [0.15, 0.2) is 61.7 Å². The summed E-state index contributed by atoms with van der Waals surface area (Å²) in [5.41, 5.74) is 20.1. The van der Waals surface area contributed by atoms with Gasteiger partial charge >= 0.3 is 0 Å². The number of pyridine rings is 6. The number of fused-ring (bicyclic) bond motifs is 4. The fraction of sp³-hybridized carbons (Fsp3) is 0.211. The van der Waals surface area contributed by atoms with Crippen molar-refractivity contribution in [1.82, 2.24) is 49.8 Å². The summed E-state index contributed by atoms with van der Waals surface area (Å²) in [7, 11) is 0. The summed E-state index contributed by atoms with van der Waals surface area (Å²) in [5.74, 6) is -0.506. The Balaban J connectivity index is 0.000000146. The Morgan fingerprint density at radius 3 is 1.45 bits per heavy atom. The third-order valence-corrected chi connectivity index (χ3v) is 10.1. The Morgan fingerprint density at radius 2 is 1.05 bits per heavy atom. The molecule has 4 atom stereocenters. The van der Waals surface area contributed by atoms with Gasteiger partial charge in [0.2, 0.25) is 11.8 Å². The molecule has 56 heavy (non-hydrogen) atoms. The summed E-state index contributed by atoms with van der Waals surface area (Å²) in [4.78, 5) is 64.5. The number of aromatic nitrogens is 10. The predicted octanol–water partition coefficient (Wildman–Crippen LogP) is 5.51. The van der Waals surface area contributed by atoms with Gasteiger partial charge in [0.25, 0.3) is 0 Å². The zero-order valence-electron chi connectivity index (χ0n) is 29.8. The average Bonchev–Trinajstić information content (AvgIpc) is 3.93. The summed E-state index contributed by atoms with van der Waals surface area (Å²) in [6.45, 7) is 3.92. The molecule has 0 unspecified atom stereocenters. The van der Waals surface area contributed by atoms with E-state index in [2.05, 4.69) is 60.5 Å². The molecular formula is C38H32F2N14O2. The standard InChI is InChI=1S/2C19H16FN7O/c2*1-8-11(5-23-18-16(8)24-7-25-18)14-2-9-3-15(22-6-12(9)17(21)26-14)27-19(28)10-4-13(10)20/h2*2-3,5-7,10,13H,4H2,1H3,(H2,21,26)(H,22,27,28)(H,23,24,25)/t2*10-,13+/m10/s1. The molecule has 16 nitrogen and oxygen atoms in total. The maximum Gasteiger partial charge on any atom is 0.231 e. The van der Waals surface area contributed by atoms with Crippen LogP contribution in [0.25, 0.3) is 66.4 Å². The Bertz CT molecular complexity index is 2700. The first-order chi connectivity index (χ1) is 27.0. The molecule has 2 aliphatic rings. The highest BCUT2D eigenvalue weighted by Gasteiger charge is 2.44. The quantitative estimate of drug-likeness (QED) is 0.123. The molecule has 0 radical (unpaired) electrons. The van der Waals surface area contributed by atoms with Crippen LogP contribution in [-0.2, 0) is 9.59 Å². The second kappa shape index (κ2) is 13.3. The van der Waals surface area contributed by atoms with E-state index < -0.39 is 24.2 Å². The summed E-state index contributed by atoms with van der Waals surface area (Å²) in [5, 5.41) is 8.20. The van der Waals surface area contributed by atoms with Gasteiger partial charge in [0.15, 0.2) is 11.3 Å². The molecule has 0 aliphatic heterocycles. The summed E-state index contributed by atoms with van der Waals surface area (Å²) < 4.78 is 26.2. The number of carbonyl (C=O) groups excluding carboxylic acids is 2. The van der Waals surface area contributed by atoms with E-state index in [1.165, 1.54) is 0 Å². The van der Waals surface area contributed by atoms with Crippen LogP contribution in [0, 0.1) is 25.7 Å². The average molecular weight is 755 g/mol. The van der Waals surface area contributed by atoms with Crippen molar-refractivity contribution in [1.29, 1.82) is 0 Å². The van der Waals surface area contributed by atoms with Crippen molar-refractivity contribution in [3.8, 4) is 22.5 Å². The van der Waals surface area contributed by atoms with Gasteiger partial charge in [0.1, 0.15) is 35.6 Å². The minimum Gasteiger partial charge on any atom is -0.383 e. The van der Waals surface area contributed by atoms with Crippen molar-refractivity contribution in [2.24, 2.45) is 11.8 Å². The van der Waals surface area contributed by atoms with Gasteiger partial charge in [0, 0.05) is 46.7 Å². The maximum absolute atomic E-state index is 13.1. The summed E-state index contributed by atoms with van der Waals surface area (Å²) >= 11 is 0. The highest BCUT2D eigenvalue weighted by atomic mass is 19.1. The molecule has 2 aliphatic carbocycles. The lowest BCUT2D eigenvalue weighted by Gasteiger charge is -2.10. The molecule has 8 aromatic rings. The van der Waals surface area contributed by atoms with Crippen molar-refractivity contribution in [3.63, 3.8) is 0 Å². The molecule has 8 aromatic heterocycles. The number of hydrogen-bond donors (Lipinski definition) is 6. The van der Waals surface area contributed by atoms with Crippen molar-refractivity contribution < 1.29 is 18.4 Å². The van der Waals surface area contributed by atoms with Gasteiger partial charge in [-0.2, -0.15) is 0 Å². The monoisotopic (exact) mass is 754 g/mol. The molecule has 2 amide bonds. The molecule has 8 heterocycles. The van der Waals surface area contributed by atoms with Crippen LogP contribution in [0.2, 0.25) is 0 Å². The van der Waals surface area contributed by atoms with Gasteiger partial charge in [-0.3, -0.25) is 9.59 Å². The van der Waals surface area contributed by atoms with Gasteiger partial charge in [-0.15, -0.1) is 0 Å². The number of hydrogen-bond acceptors (Lipinski definition) is 12. The second-order valence-electron chi connectivity index (χ2n) is 13.9. The molecule has 0 saturated heterocycles. The minimum absolute atomic E-state index is 0.267. The first-order valence-corrected chi connectivity index (χ1v) is 17.6. The lowest BCUT2D eigenvalue weighted by molar-refractivity contribution is -0.118. The molecule has 0 bridgehead atoms. The van der Waals surface area contributed by atoms with Crippen molar-refractivity contribution >= 4 is 79.0 Å². The normalized spacial score (nSPS) is 18.5. The fourth-order valence-electron chi connectivity index (χ4n) is 6.62. The zero-order chi connectivity index (χ0) is 38.8. The number of halogens is 2. The van der Waals surface area contributed by atoms with Crippen LogP contribution in [0.4, 0.5) is 32.1 Å². The molecule has 10 rings (SSSR count). The fourth-order valence-corrected chi connectivity index (χ4v) is 6.62. The molecule has 0 aromatic carbocycles. The Morgan fingerprint density at radius 1 is 0.643 bits per heavy atom. The van der Waals surface area contributed by atoms with Crippen LogP contribution >= 0.6 is 0 Å². The number of rotatable bonds is 6. The second-order valence-corrected chi connectivity index (χ2v) is 13.9. The Kier molecular flexibility index (Phi) is 8.17. The number of aryl methyl sites for hydroxylation is 2.